The van der Waals surface area contributed by atoms with Crippen LogP contribution in [0.4, 0.5) is 0 Å². The largest absolute Gasteiger partial charge is 0.497 e. The van der Waals surface area contributed by atoms with Gasteiger partial charge in [0.25, 0.3) is 5.91 Å². The number of nitrogens with zero attached hydrogens (tertiary/aromatic N) is 2. The molecule has 0 aromatic heterocycles. The third kappa shape index (κ3) is 5.37. The minimum absolute atomic E-state index is 0.0665. The number of hydrogen-bond donors (Lipinski definition) is 0. The van der Waals surface area contributed by atoms with E-state index in [1.54, 1.807) is 24.1 Å². The summed E-state index contributed by atoms with van der Waals surface area (Å²) < 4.78 is 38.3. The van der Waals surface area contributed by atoms with E-state index >= 15 is 0 Å². The standard InChI is InChI=1S/C23H30N2O5S/c1-24(17-18-9-8-10-19(15-18)29-2)31(27,28)20-11-12-22(30-3)21(16-20)23(26)25-13-6-4-5-7-14-25/h8-12,15-16H,4-7,13-14,17H2,1-3H3. The highest BCUT2D eigenvalue weighted by Gasteiger charge is 2.26. The average molecular weight is 447 g/mol. The molecule has 2 aromatic carbocycles. The van der Waals surface area contributed by atoms with Gasteiger partial charge in [0.15, 0.2) is 0 Å². The van der Waals surface area contributed by atoms with Crippen LogP contribution in [0.1, 0.15) is 41.6 Å². The maximum atomic E-state index is 13.2. The lowest BCUT2D eigenvalue weighted by Gasteiger charge is -2.23. The van der Waals surface area contributed by atoms with Gasteiger partial charge in [0.05, 0.1) is 24.7 Å². The van der Waals surface area contributed by atoms with Gasteiger partial charge in [0, 0.05) is 26.7 Å². The third-order valence-electron chi connectivity index (χ3n) is 5.54. The predicted molar refractivity (Wildman–Crippen MR) is 119 cm³/mol. The maximum Gasteiger partial charge on any atom is 0.257 e. The molecule has 0 bridgehead atoms. The molecule has 1 amide bonds. The Kier molecular flexibility index (Phi) is 7.56. The van der Waals surface area contributed by atoms with Crippen LogP contribution >= 0.6 is 0 Å². The topological polar surface area (TPSA) is 76.1 Å². The fourth-order valence-electron chi connectivity index (χ4n) is 3.75. The van der Waals surface area contributed by atoms with Crippen molar-refractivity contribution in [1.29, 1.82) is 0 Å². The van der Waals surface area contributed by atoms with Crippen molar-refractivity contribution in [2.75, 3.05) is 34.4 Å². The fourth-order valence-corrected chi connectivity index (χ4v) is 4.94. The number of sulfonamides is 1. The summed E-state index contributed by atoms with van der Waals surface area (Å²) in [6.45, 7) is 1.53. The van der Waals surface area contributed by atoms with Gasteiger partial charge in [0.2, 0.25) is 10.0 Å². The molecule has 0 N–H and O–H groups in total. The van der Waals surface area contributed by atoms with E-state index in [9.17, 15) is 13.2 Å². The molecule has 3 rings (SSSR count). The van der Waals surface area contributed by atoms with Gasteiger partial charge in [-0.05, 0) is 48.7 Å². The van der Waals surface area contributed by atoms with E-state index in [1.807, 2.05) is 18.2 Å². The number of benzene rings is 2. The normalized spacial score (nSPS) is 14.9. The van der Waals surface area contributed by atoms with E-state index in [1.165, 1.54) is 30.6 Å². The first-order valence-electron chi connectivity index (χ1n) is 10.4. The molecule has 0 atom stereocenters. The van der Waals surface area contributed by atoms with Crippen molar-refractivity contribution in [2.45, 2.75) is 37.1 Å². The summed E-state index contributed by atoms with van der Waals surface area (Å²) in [5.41, 5.74) is 1.08. The van der Waals surface area contributed by atoms with E-state index in [4.69, 9.17) is 9.47 Å². The summed E-state index contributed by atoms with van der Waals surface area (Å²) in [5.74, 6) is 0.855. The summed E-state index contributed by atoms with van der Waals surface area (Å²) >= 11 is 0. The number of methoxy groups -OCH3 is 2. The number of carbonyl (C=O) groups excluding carboxylic acids is 1. The zero-order chi connectivity index (χ0) is 22.4. The Morgan fingerprint density at radius 1 is 1.00 bits per heavy atom. The molecule has 0 aliphatic carbocycles. The van der Waals surface area contributed by atoms with Gasteiger partial charge in [0.1, 0.15) is 11.5 Å². The molecule has 1 heterocycles. The van der Waals surface area contributed by atoms with Gasteiger partial charge < -0.3 is 14.4 Å². The molecular weight excluding hydrogens is 416 g/mol. The predicted octanol–water partition coefficient (Wildman–Crippen LogP) is 3.54. The average Bonchev–Trinajstić information content (AvgIpc) is 3.07. The molecule has 2 aromatic rings. The quantitative estimate of drug-likeness (QED) is 0.650. The van der Waals surface area contributed by atoms with Crippen LogP contribution in [0.3, 0.4) is 0 Å². The molecule has 8 heteroatoms. The van der Waals surface area contributed by atoms with Crippen LogP contribution in [-0.2, 0) is 16.6 Å². The molecule has 1 fully saturated rings. The molecule has 0 spiro atoms. The minimum atomic E-state index is -3.81. The second kappa shape index (κ2) is 10.2. The van der Waals surface area contributed by atoms with E-state index in [2.05, 4.69) is 0 Å². The lowest BCUT2D eigenvalue weighted by atomic mass is 10.1. The number of carbonyl (C=O) groups is 1. The van der Waals surface area contributed by atoms with E-state index in [0.29, 0.717) is 24.6 Å². The Morgan fingerprint density at radius 3 is 2.35 bits per heavy atom. The van der Waals surface area contributed by atoms with Crippen LogP contribution in [-0.4, -0.2) is 57.9 Å². The number of rotatable bonds is 7. The van der Waals surface area contributed by atoms with Crippen molar-refractivity contribution >= 4 is 15.9 Å². The molecule has 31 heavy (non-hydrogen) atoms. The number of hydrogen-bond acceptors (Lipinski definition) is 5. The highest BCUT2D eigenvalue weighted by atomic mass is 32.2. The van der Waals surface area contributed by atoms with Gasteiger partial charge in [-0.15, -0.1) is 0 Å². The van der Waals surface area contributed by atoms with Crippen LogP contribution in [0.2, 0.25) is 0 Å². The molecule has 168 valence electrons. The maximum absolute atomic E-state index is 13.2. The monoisotopic (exact) mass is 446 g/mol. The van der Waals surface area contributed by atoms with Crippen molar-refractivity contribution in [2.24, 2.45) is 0 Å². The van der Waals surface area contributed by atoms with Crippen LogP contribution < -0.4 is 9.47 Å². The second-order valence-electron chi connectivity index (χ2n) is 7.68. The summed E-state index contributed by atoms with van der Waals surface area (Å²) in [5, 5.41) is 0. The lowest BCUT2D eigenvalue weighted by molar-refractivity contribution is 0.0758. The van der Waals surface area contributed by atoms with E-state index < -0.39 is 10.0 Å². The number of amides is 1. The zero-order valence-corrected chi connectivity index (χ0v) is 19.2. The smallest absolute Gasteiger partial charge is 0.257 e. The Balaban J connectivity index is 1.88. The lowest BCUT2D eigenvalue weighted by Crippen LogP contribution is -2.32. The first-order valence-corrected chi connectivity index (χ1v) is 11.9. The van der Waals surface area contributed by atoms with Gasteiger partial charge in [-0.1, -0.05) is 25.0 Å². The molecule has 1 aliphatic rings. The van der Waals surface area contributed by atoms with Crippen LogP contribution in [0, 0.1) is 0 Å². The summed E-state index contributed by atoms with van der Waals surface area (Å²) in [4.78, 5) is 15.0. The SMILES string of the molecule is COc1cccc(CN(C)S(=O)(=O)c2ccc(OC)c(C(=O)N3CCCCCC3)c2)c1. The van der Waals surface area contributed by atoms with Crippen molar-refractivity contribution in [3.8, 4) is 11.5 Å². The van der Waals surface area contributed by atoms with Crippen molar-refractivity contribution in [3.05, 3.63) is 53.6 Å². The summed E-state index contributed by atoms with van der Waals surface area (Å²) in [7, 11) is 0.767. The van der Waals surface area contributed by atoms with Gasteiger partial charge in [-0.3, -0.25) is 4.79 Å². The van der Waals surface area contributed by atoms with Crippen molar-refractivity contribution in [3.63, 3.8) is 0 Å². The number of ether oxygens (including phenoxy) is 2. The van der Waals surface area contributed by atoms with E-state index in [0.717, 1.165) is 31.2 Å². The highest BCUT2D eigenvalue weighted by molar-refractivity contribution is 7.89. The van der Waals surface area contributed by atoms with Gasteiger partial charge in [-0.2, -0.15) is 4.31 Å². The first kappa shape index (κ1) is 23.1. The number of likely N-dealkylation sites (tertiary alicyclic amines) is 1. The van der Waals surface area contributed by atoms with Crippen molar-refractivity contribution < 1.29 is 22.7 Å². The van der Waals surface area contributed by atoms with Gasteiger partial charge >= 0.3 is 0 Å². The second-order valence-corrected chi connectivity index (χ2v) is 9.73. The molecule has 0 radical (unpaired) electrons. The Labute approximate surface area is 184 Å². The Morgan fingerprint density at radius 2 is 1.71 bits per heavy atom. The van der Waals surface area contributed by atoms with Crippen LogP contribution in [0.15, 0.2) is 47.4 Å². The summed E-state index contributed by atoms with van der Waals surface area (Å²) in [6.07, 6.45) is 4.11. The molecule has 0 unspecified atom stereocenters. The third-order valence-corrected chi connectivity index (χ3v) is 7.34. The fraction of sp³-hybridized carbons (Fsp3) is 0.435. The summed E-state index contributed by atoms with van der Waals surface area (Å²) in [6, 6.07) is 11.7. The zero-order valence-electron chi connectivity index (χ0n) is 18.3. The molecule has 0 saturated carbocycles. The Bertz CT molecular complexity index is 1010. The molecule has 7 nitrogen and oxygen atoms in total. The minimum Gasteiger partial charge on any atom is -0.497 e. The highest BCUT2D eigenvalue weighted by Crippen LogP contribution is 2.27. The molecule has 1 aliphatic heterocycles. The van der Waals surface area contributed by atoms with E-state index in [-0.39, 0.29) is 22.9 Å². The molecular formula is C23H30N2O5S. The van der Waals surface area contributed by atoms with Crippen LogP contribution in [0.25, 0.3) is 0 Å². The first-order chi connectivity index (χ1) is 14.9. The Hall–Kier alpha value is -2.58. The molecule has 1 saturated heterocycles. The van der Waals surface area contributed by atoms with Crippen LogP contribution in [0.5, 0.6) is 11.5 Å². The van der Waals surface area contributed by atoms with Crippen molar-refractivity contribution in [1.82, 2.24) is 9.21 Å². The van der Waals surface area contributed by atoms with Gasteiger partial charge in [-0.25, -0.2) is 8.42 Å².